The molecule has 1 amide bonds. The van der Waals surface area contributed by atoms with Crippen molar-refractivity contribution in [1.29, 1.82) is 5.26 Å². The molecule has 0 bridgehead atoms. The maximum absolute atomic E-state index is 11.7. The summed E-state index contributed by atoms with van der Waals surface area (Å²) >= 11 is 0. The Morgan fingerprint density at radius 3 is 2.96 bits per heavy atom. The second-order valence-electron chi connectivity index (χ2n) is 6.50. The Morgan fingerprint density at radius 2 is 2.30 bits per heavy atom. The van der Waals surface area contributed by atoms with E-state index in [0.29, 0.717) is 6.54 Å². The van der Waals surface area contributed by atoms with Crippen molar-refractivity contribution < 1.29 is 9.53 Å². The van der Waals surface area contributed by atoms with E-state index < -0.39 is 11.7 Å². The number of alkyl carbamates (subject to hydrolysis) is 1. The molecule has 2 atom stereocenters. The number of carbonyl (C=O) groups is 1. The second-order valence-corrected chi connectivity index (χ2v) is 6.50. The third-order valence-corrected chi connectivity index (χ3v) is 3.29. The zero-order chi connectivity index (χ0) is 17.0. The first kappa shape index (κ1) is 16.9. The van der Waals surface area contributed by atoms with Gasteiger partial charge in [0.05, 0.1) is 19.0 Å². The Balaban J connectivity index is 1.91. The van der Waals surface area contributed by atoms with Crippen LogP contribution in [-0.2, 0) is 4.74 Å². The van der Waals surface area contributed by atoms with Gasteiger partial charge in [-0.15, -0.1) is 0 Å². The lowest BCUT2D eigenvalue weighted by molar-refractivity contribution is 0.0532. The van der Waals surface area contributed by atoms with Crippen molar-refractivity contribution in [2.75, 3.05) is 6.54 Å². The molecule has 2 unspecified atom stereocenters. The van der Waals surface area contributed by atoms with Crippen molar-refractivity contribution in [3.8, 4) is 6.07 Å². The Morgan fingerprint density at radius 1 is 1.57 bits per heavy atom. The lowest BCUT2D eigenvalue weighted by Crippen LogP contribution is -2.38. The summed E-state index contributed by atoms with van der Waals surface area (Å²) in [5, 5.41) is 14.7. The average molecular weight is 317 g/mol. The molecule has 0 aromatic carbocycles. The number of carbonyl (C=O) groups excluding carboxylic acids is 1. The molecule has 7 nitrogen and oxygen atoms in total. The van der Waals surface area contributed by atoms with Crippen LogP contribution >= 0.6 is 0 Å². The lowest BCUT2D eigenvalue weighted by atomic mass is 10.0. The maximum Gasteiger partial charge on any atom is 0.407 e. The van der Waals surface area contributed by atoms with E-state index >= 15 is 0 Å². The SMILES string of the molecule is CC(C)(C)OC(=O)NCC1=CN2C=C(C(N)CC#N)C=CC2N1. The van der Waals surface area contributed by atoms with Crippen LogP contribution in [0.5, 0.6) is 0 Å². The molecule has 2 aliphatic heterocycles. The van der Waals surface area contributed by atoms with Gasteiger partial charge in [0.15, 0.2) is 0 Å². The molecule has 0 spiro atoms. The van der Waals surface area contributed by atoms with Gasteiger partial charge in [-0.05, 0) is 32.4 Å². The fourth-order valence-corrected chi connectivity index (χ4v) is 2.26. The largest absolute Gasteiger partial charge is 0.444 e. The van der Waals surface area contributed by atoms with E-state index in [1.165, 1.54) is 0 Å². The van der Waals surface area contributed by atoms with Gasteiger partial charge < -0.3 is 26.0 Å². The Hall–Kier alpha value is -2.46. The minimum absolute atomic E-state index is 0.00322. The summed E-state index contributed by atoms with van der Waals surface area (Å²) in [4.78, 5) is 13.6. The van der Waals surface area contributed by atoms with Gasteiger partial charge in [0.25, 0.3) is 0 Å². The summed E-state index contributed by atoms with van der Waals surface area (Å²) in [7, 11) is 0. The molecule has 2 aliphatic rings. The summed E-state index contributed by atoms with van der Waals surface area (Å²) in [6.45, 7) is 5.81. The zero-order valence-electron chi connectivity index (χ0n) is 13.7. The van der Waals surface area contributed by atoms with E-state index in [-0.39, 0.29) is 18.6 Å². The summed E-state index contributed by atoms with van der Waals surface area (Å²) in [5.74, 6) is 0. The van der Waals surface area contributed by atoms with Crippen LogP contribution in [-0.4, -0.2) is 35.3 Å². The zero-order valence-corrected chi connectivity index (χ0v) is 13.7. The van der Waals surface area contributed by atoms with Gasteiger partial charge in [0.2, 0.25) is 0 Å². The van der Waals surface area contributed by atoms with Crippen LogP contribution in [0.1, 0.15) is 27.2 Å². The predicted molar refractivity (Wildman–Crippen MR) is 86.5 cm³/mol. The van der Waals surface area contributed by atoms with Gasteiger partial charge in [-0.1, -0.05) is 6.08 Å². The summed E-state index contributed by atoms with van der Waals surface area (Å²) in [6, 6.07) is 1.78. The summed E-state index contributed by atoms with van der Waals surface area (Å²) in [5.41, 5.74) is 7.21. The number of fused-ring (bicyclic) bond motifs is 1. The van der Waals surface area contributed by atoms with Crippen molar-refractivity contribution in [3.05, 3.63) is 35.8 Å². The van der Waals surface area contributed by atoms with Crippen molar-refractivity contribution in [1.82, 2.24) is 15.5 Å². The van der Waals surface area contributed by atoms with Crippen LogP contribution in [0.2, 0.25) is 0 Å². The van der Waals surface area contributed by atoms with Gasteiger partial charge in [0, 0.05) is 24.1 Å². The molecule has 0 fully saturated rings. The fourth-order valence-electron chi connectivity index (χ4n) is 2.26. The van der Waals surface area contributed by atoms with Crippen LogP contribution in [0.4, 0.5) is 4.79 Å². The van der Waals surface area contributed by atoms with Gasteiger partial charge in [-0.25, -0.2) is 4.79 Å². The number of hydrogen-bond donors (Lipinski definition) is 3. The van der Waals surface area contributed by atoms with Crippen molar-refractivity contribution in [3.63, 3.8) is 0 Å². The summed E-state index contributed by atoms with van der Waals surface area (Å²) < 4.78 is 5.20. The molecule has 0 aromatic rings. The van der Waals surface area contributed by atoms with Crippen LogP contribution in [0.3, 0.4) is 0 Å². The molecular formula is C16H23N5O2. The van der Waals surface area contributed by atoms with Gasteiger partial charge in [-0.3, -0.25) is 0 Å². The highest BCUT2D eigenvalue weighted by molar-refractivity contribution is 5.68. The molecule has 23 heavy (non-hydrogen) atoms. The number of nitrogens with one attached hydrogen (secondary N) is 2. The molecule has 7 heteroatoms. The Bertz CT molecular complexity index is 595. The predicted octanol–water partition coefficient (Wildman–Crippen LogP) is 1.28. The van der Waals surface area contributed by atoms with Crippen LogP contribution in [0.15, 0.2) is 35.8 Å². The topological polar surface area (TPSA) is 103 Å². The number of nitrogens with zero attached hydrogens (tertiary/aromatic N) is 2. The highest BCUT2D eigenvalue weighted by Crippen LogP contribution is 2.21. The van der Waals surface area contributed by atoms with Crippen molar-refractivity contribution in [2.24, 2.45) is 5.73 Å². The number of nitriles is 1. The first-order chi connectivity index (χ1) is 10.8. The first-order valence-corrected chi connectivity index (χ1v) is 7.52. The van der Waals surface area contributed by atoms with Crippen LogP contribution < -0.4 is 16.4 Å². The minimum atomic E-state index is -0.518. The molecule has 2 heterocycles. The third-order valence-electron chi connectivity index (χ3n) is 3.29. The molecule has 4 N–H and O–H groups in total. The van der Waals surface area contributed by atoms with E-state index in [2.05, 4.69) is 16.7 Å². The second kappa shape index (κ2) is 6.75. The van der Waals surface area contributed by atoms with E-state index in [0.717, 1.165) is 11.3 Å². The molecule has 0 aliphatic carbocycles. The monoisotopic (exact) mass is 317 g/mol. The minimum Gasteiger partial charge on any atom is -0.444 e. The molecule has 124 valence electrons. The van der Waals surface area contributed by atoms with Gasteiger partial charge >= 0.3 is 6.09 Å². The normalized spacial score (nSPS) is 20.7. The van der Waals surface area contributed by atoms with E-state index in [1.807, 2.05) is 50.2 Å². The number of ether oxygens (including phenoxy) is 1. The molecule has 2 rings (SSSR count). The van der Waals surface area contributed by atoms with E-state index in [9.17, 15) is 4.79 Å². The smallest absolute Gasteiger partial charge is 0.407 e. The molecule has 0 radical (unpaired) electrons. The molecule has 0 saturated carbocycles. The highest BCUT2D eigenvalue weighted by atomic mass is 16.6. The first-order valence-electron chi connectivity index (χ1n) is 7.52. The number of amides is 1. The average Bonchev–Trinajstić information content (AvgIpc) is 2.85. The molecular weight excluding hydrogens is 294 g/mol. The van der Waals surface area contributed by atoms with Gasteiger partial charge in [0.1, 0.15) is 11.8 Å². The number of hydrogen-bond acceptors (Lipinski definition) is 6. The molecule has 0 aromatic heterocycles. The fraction of sp³-hybridized carbons (Fsp3) is 0.500. The van der Waals surface area contributed by atoms with E-state index in [4.69, 9.17) is 15.7 Å². The van der Waals surface area contributed by atoms with Crippen molar-refractivity contribution >= 4 is 6.09 Å². The van der Waals surface area contributed by atoms with Gasteiger partial charge in [-0.2, -0.15) is 5.26 Å². The van der Waals surface area contributed by atoms with Crippen LogP contribution in [0.25, 0.3) is 0 Å². The standard InChI is InChI=1S/C16H23N5O2/c1-16(2,3)23-15(22)19-8-12-10-21-9-11(13(18)6-7-17)4-5-14(21)20-12/h4-5,9-10,13-14,20H,6,8,18H2,1-3H3,(H,19,22). The van der Waals surface area contributed by atoms with Crippen molar-refractivity contribution in [2.45, 2.75) is 45.0 Å². The number of rotatable bonds is 4. The lowest BCUT2D eigenvalue weighted by Gasteiger charge is -2.25. The quantitative estimate of drug-likeness (QED) is 0.721. The maximum atomic E-state index is 11.7. The number of nitrogens with two attached hydrogens (primary N) is 1. The Kier molecular flexibility index (Phi) is 4.96. The third kappa shape index (κ3) is 4.76. The molecule has 0 saturated heterocycles. The van der Waals surface area contributed by atoms with Crippen LogP contribution in [0, 0.1) is 11.3 Å². The summed E-state index contributed by atoms with van der Waals surface area (Å²) in [6.07, 6.45) is 7.55. The Labute approximate surface area is 136 Å². The highest BCUT2D eigenvalue weighted by Gasteiger charge is 2.25. The van der Waals surface area contributed by atoms with E-state index in [1.54, 1.807) is 0 Å².